The zero-order valence-electron chi connectivity index (χ0n) is 34.5. The number of ether oxygens (including phenoxy) is 6. The Bertz CT molecular complexity index is 2080. The second-order valence-corrected chi connectivity index (χ2v) is 15.0. The fourth-order valence-electron chi connectivity index (χ4n) is 7.50. The van der Waals surface area contributed by atoms with Gasteiger partial charge >= 0.3 is 11.9 Å². The van der Waals surface area contributed by atoms with Gasteiger partial charge < -0.3 is 47.8 Å². The Morgan fingerprint density at radius 3 is 1.29 bits per heavy atom. The predicted molar refractivity (Wildman–Crippen MR) is 218 cm³/mol. The largest absolute Gasteiger partial charge is 0.493 e. The van der Waals surface area contributed by atoms with Crippen molar-refractivity contribution in [3.8, 4) is 45.5 Å². The molecule has 4 aromatic rings. The van der Waals surface area contributed by atoms with E-state index in [4.69, 9.17) is 28.4 Å². The first-order chi connectivity index (χ1) is 27.7. The van der Waals surface area contributed by atoms with Gasteiger partial charge in [-0.05, 0) is 60.1 Å². The molecule has 14 nitrogen and oxygen atoms in total. The van der Waals surface area contributed by atoms with Gasteiger partial charge in [0.25, 0.3) is 0 Å². The highest BCUT2D eigenvalue weighted by Gasteiger charge is 2.31. The Balaban J connectivity index is 0.000000221. The van der Waals surface area contributed by atoms with Crippen LogP contribution in [0.15, 0.2) is 58.4 Å². The first kappa shape index (κ1) is 43.5. The molecule has 2 aromatic carbocycles. The summed E-state index contributed by atoms with van der Waals surface area (Å²) < 4.78 is 36.8. The number of pyridine rings is 2. The van der Waals surface area contributed by atoms with Gasteiger partial charge in [0.05, 0.1) is 38.8 Å². The van der Waals surface area contributed by atoms with E-state index in [2.05, 4.69) is 27.7 Å². The minimum atomic E-state index is -1.21. The van der Waals surface area contributed by atoms with Gasteiger partial charge in [-0.2, -0.15) is 0 Å². The van der Waals surface area contributed by atoms with Crippen molar-refractivity contribution in [3.63, 3.8) is 0 Å². The van der Waals surface area contributed by atoms with Crippen LogP contribution in [-0.2, 0) is 22.3 Å². The lowest BCUT2D eigenvalue weighted by Crippen LogP contribution is -2.28. The summed E-state index contributed by atoms with van der Waals surface area (Å²) in [6, 6.07) is 10.6. The monoisotopic (exact) mass is 802 g/mol. The second-order valence-electron chi connectivity index (χ2n) is 15.0. The van der Waals surface area contributed by atoms with Crippen LogP contribution in [0.25, 0.3) is 22.5 Å². The van der Waals surface area contributed by atoms with E-state index >= 15 is 0 Å². The maximum absolute atomic E-state index is 12.4. The molecule has 2 aliphatic rings. The van der Waals surface area contributed by atoms with Gasteiger partial charge in [-0.3, -0.25) is 9.59 Å². The summed E-state index contributed by atoms with van der Waals surface area (Å²) in [6.45, 7) is 10.6. The van der Waals surface area contributed by atoms with Gasteiger partial charge in [0.1, 0.15) is 11.1 Å². The molecule has 2 aromatic heterocycles. The predicted octanol–water partition coefficient (Wildman–Crippen LogP) is 6.78. The van der Waals surface area contributed by atoms with Crippen LogP contribution in [0.3, 0.4) is 0 Å². The normalized spacial score (nSPS) is 15.0. The SMILES string of the molecule is COCCCOc1cc2c(cc1OC)-c1cc(=O)c(C(=O)O)cn1[C@@H](C(C)C)C2.COCCCOc1cc2c(cc1OC)-c1cc(=O)c(C(=O)O)cn1[C@H](C(C)C)C2. The van der Waals surface area contributed by atoms with E-state index in [1.807, 2.05) is 33.4 Å². The molecule has 312 valence electrons. The quantitative estimate of drug-likeness (QED) is 0.114. The average molecular weight is 803 g/mol. The Labute approximate surface area is 337 Å². The molecule has 2 atom stereocenters. The third-order valence-electron chi connectivity index (χ3n) is 10.6. The molecule has 58 heavy (non-hydrogen) atoms. The number of nitrogens with zero attached hydrogens (tertiary/aromatic N) is 2. The molecule has 4 heterocycles. The van der Waals surface area contributed by atoms with Crippen molar-refractivity contribution in [2.75, 3.05) is 54.9 Å². The molecule has 14 heteroatoms. The summed E-state index contributed by atoms with van der Waals surface area (Å²) in [5, 5.41) is 18.7. The molecule has 2 N–H and O–H groups in total. The van der Waals surface area contributed by atoms with E-state index in [0.717, 1.165) is 35.1 Å². The lowest BCUT2D eigenvalue weighted by Gasteiger charge is -2.33. The molecule has 6 rings (SSSR count). The summed E-state index contributed by atoms with van der Waals surface area (Å²) in [5.74, 6) is 0.534. The average Bonchev–Trinajstić information content (AvgIpc) is 3.19. The van der Waals surface area contributed by atoms with Crippen LogP contribution in [-0.4, -0.2) is 86.2 Å². The number of carboxylic acid groups (broad SMARTS) is 2. The number of aromatic carboxylic acids is 2. The lowest BCUT2D eigenvalue weighted by atomic mass is 9.87. The minimum absolute atomic E-state index is 0.0333. The highest BCUT2D eigenvalue weighted by Crippen LogP contribution is 2.44. The number of hydrogen-bond acceptors (Lipinski definition) is 10. The Hall–Kier alpha value is -5.60. The van der Waals surface area contributed by atoms with Gasteiger partial charge in [0.2, 0.25) is 0 Å². The Morgan fingerprint density at radius 2 is 0.983 bits per heavy atom. The first-order valence-corrected chi connectivity index (χ1v) is 19.4. The number of fused-ring (bicyclic) bond motifs is 6. The second kappa shape index (κ2) is 19.2. The fraction of sp³-hybridized carbons (Fsp3) is 0.455. The standard InChI is InChI=1S/2C22H27NO6/c2*1-13(2)17-8-14-9-21(29-7-5-6-27-3)20(28-4)10-15(14)18-11-19(24)16(22(25)26)12-23(17)18/h2*9-13,17H,5-8H2,1-4H3,(H,25,26)/t2*17-/m10/s1. The number of aromatic nitrogens is 2. The van der Waals surface area contributed by atoms with Crippen LogP contribution in [0, 0.1) is 11.8 Å². The smallest absolute Gasteiger partial charge is 0.341 e. The third kappa shape index (κ3) is 9.40. The van der Waals surface area contributed by atoms with Crippen LogP contribution >= 0.6 is 0 Å². The van der Waals surface area contributed by atoms with Crippen LogP contribution in [0.1, 0.15) is 84.5 Å². The zero-order valence-corrected chi connectivity index (χ0v) is 34.5. The molecular formula is C44H54N2O12. The molecule has 0 fully saturated rings. The number of benzene rings is 2. The van der Waals surface area contributed by atoms with Crippen molar-refractivity contribution < 1.29 is 48.2 Å². The number of hydrogen-bond donors (Lipinski definition) is 2. The number of methoxy groups -OCH3 is 4. The van der Waals surface area contributed by atoms with Gasteiger partial charge in [0.15, 0.2) is 33.9 Å². The molecule has 0 bridgehead atoms. The third-order valence-corrected chi connectivity index (χ3v) is 10.6. The van der Waals surface area contributed by atoms with E-state index in [-0.39, 0.29) is 35.0 Å². The van der Waals surface area contributed by atoms with Gasteiger partial charge in [0, 0.05) is 88.0 Å². The highest BCUT2D eigenvalue weighted by atomic mass is 16.5. The molecule has 0 unspecified atom stereocenters. The molecule has 0 saturated carbocycles. The Morgan fingerprint density at radius 1 is 0.603 bits per heavy atom. The van der Waals surface area contributed by atoms with E-state index in [1.165, 1.54) is 24.5 Å². The van der Waals surface area contributed by atoms with E-state index in [1.54, 1.807) is 28.4 Å². The zero-order chi connectivity index (χ0) is 42.3. The van der Waals surface area contributed by atoms with E-state index in [0.29, 0.717) is 73.7 Å². The van der Waals surface area contributed by atoms with Crippen molar-refractivity contribution in [3.05, 3.63) is 91.5 Å². The summed E-state index contributed by atoms with van der Waals surface area (Å²) in [6.07, 6.45) is 5.88. The van der Waals surface area contributed by atoms with Crippen LogP contribution in [0.4, 0.5) is 0 Å². The summed E-state index contributed by atoms with van der Waals surface area (Å²) in [7, 11) is 6.45. The maximum atomic E-state index is 12.4. The van der Waals surface area contributed by atoms with E-state index < -0.39 is 22.8 Å². The number of carboxylic acids is 2. The van der Waals surface area contributed by atoms with Crippen molar-refractivity contribution in [1.29, 1.82) is 0 Å². The van der Waals surface area contributed by atoms with Gasteiger partial charge in [-0.1, -0.05) is 27.7 Å². The molecule has 0 radical (unpaired) electrons. The van der Waals surface area contributed by atoms with Crippen molar-refractivity contribution in [2.45, 2.75) is 65.5 Å². The number of carbonyl (C=O) groups is 2. The van der Waals surface area contributed by atoms with Crippen LogP contribution < -0.4 is 29.8 Å². The first-order valence-electron chi connectivity index (χ1n) is 19.4. The van der Waals surface area contributed by atoms with Gasteiger partial charge in [-0.25, -0.2) is 9.59 Å². The number of rotatable bonds is 16. The van der Waals surface area contributed by atoms with Crippen molar-refractivity contribution in [2.24, 2.45) is 11.8 Å². The van der Waals surface area contributed by atoms with E-state index in [9.17, 15) is 29.4 Å². The molecule has 2 aliphatic heterocycles. The van der Waals surface area contributed by atoms with Gasteiger partial charge in [-0.15, -0.1) is 0 Å². The molecule has 0 amide bonds. The molecule has 0 spiro atoms. The summed E-state index contributed by atoms with van der Waals surface area (Å²) >= 11 is 0. The molecule has 0 saturated heterocycles. The van der Waals surface area contributed by atoms with Crippen LogP contribution in [0.5, 0.6) is 23.0 Å². The maximum Gasteiger partial charge on any atom is 0.341 e. The Kier molecular flexibility index (Phi) is 14.4. The summed E-state index contributed by atoms with van der Waals surface area (Å²) in [4.78, 5) is 47.7. The minimum Gasteiger partial charge on any atom is -0.493 e. The van der Waals surface area contributed by atoms with Crippen LogP contribution in [0.2, 0.25) is 0 Å². The summed E-state index contributed by atoms with van der Waals surface area (Å²) in [5.41, 5.74) is 3.78. The van der Waals surface area contributed by atoms with Crippen molar-refractivity contribution in [1.82, 2.24) is 9.13 Å². The topological polar surface area (TPSA) is 174 Å². The van der Waals surface area contributed by atoms with Crippen molar-refractivity contribution >= 4 is 11.9 Å². The molecule has 0 aliphatic carbocycles. The fourth-order valence-corrected chi connectivity index (χ4v) is 7.50. The lowest BCUT2D eigenvalue weighted by molar-refractivity contribution is 0.0683. The highest BCUT2D eigenvalue weighted by molar-refractivity contribution is 5.88. The molecular weight excluding hydrogens is 748 g/mol.